The van der Waals surface area contributed by atoms with Crippen LogP contribution >= 0.6 is 47.8 Å². The van der Waals surface area contributed by atoms with Gasteiger partial charge in [0.15, 0.2) is 0 Å². The minimum Gasteiger partial charge on any atom is -0.507 e. The van der Waals surface area contributed by atoms with Crippen LogP contribution in [-0.4, -0.2) is 11.0 Å². The van der Waals surface area contributed by atoms with E-state index in [0.717, 1.165) is 8.95 Å². The highest BCUT2D eigenvalue weighted by Gasteiger charge is 2.12. The van der Waals surface area contributed by atoms with Crippen molar-refractivity contribution in [1.82, 2.24) is 0 Å². The summed E-state index contributed by atoms with van der Waals surface area (Å²) in [5.74, 6) is -0.269. The van der Waals surface area contributed by atoms with Crippen molar-refractivity contribution in [3.05, 3.63) is 55.4 Å². The van der Waals surface area contributed by atoms with Crippen LogP contribution in [0.25, 0.3) is 0 Å². The Kier molecular flexibility index (Phi) is 4.65. The number of amides is 1. The lowest BCUT2D eigenvalue weighted by Gasteiger charge is -2.10. The maximum atomic E-state index is 12.1. The van der Waals surface area contributed by atoms with Gasteiger partial charge in [-0.2, -0.15) is 0 Å². The van der Waals surface area contributed by atoms with Crippen molar-refractivity contribution in [2.24, 2.45) is 0 Å². The third-order valence-corrected chi connectivity index (χ3v) is 4.40. The number of rotatable bonds is 2. The summed E-state index contributed by atoms with van der Waals surface area (Å²) in [6.45, 7) is 0. The third-order valence-electron chi connectivity index (χ3n) is 2.41. The van der Waals surface area contributed by atoms with Gasteiger partial charge in [0.25, 0.3) is 5.91 Å². The lowest BCUT2D eigenvalue weighted by Crippen LogP contribution is -2.12. The van der Waals surface area contributed by atoms with Crippen LogP contribution in [0.3, 0.4) is 0 Å². The molecule has 98 valence electrons. The molecule has 0 aliphatic rings. The first-order valence-electron chi connectivity index (χ1n) is 5.23. The number of carbonyl (C=O) groups excluding carboxylic acids is 1. The number of carbonyl (C=O) groups is 1. The Morgan fingerprint density at radius 1 is 1.00 bits per heavy atom. The summed E-state index contributed by atoms with van der Waals surface area (Å²) >= 11 is 9.92. The highest BCUT2D eigenvalue weighted by atomic mass is 79.9. The zero-order chi connectivity index (χ0) is 14.0. The largest absolute Gasteiger partial charge is 0.507 e. The normalized spacial score (nSPS) is 10.3. The molecule has 0 unspecified atom stereocenters. The lowest BCUT2D eigenvalue weighted by atomic mass is 10.2. The molecule has 0 radical (unpaired) electrons. The van der Waals surface area contributed by atoms with Crippen LogP contribution in [0.1, 0.15) is 10.4 Å². The fraction of sp³-hybridized carbons (Fsp3) is 0. The summed E-state index contributed by atoms with van der Waals surface area (Å²) in [4.78, 5) is 12.1. The minimum atomic E-state index is -0.296. The average Bonchev–Trinajstić information content (AvgIpc) is 2.37. The fourth-order valence-corrected chi connectivity index (χ4v) is 2.90. The summed E-state index contributed by atoms with van der Waals surface area (Å²) < 4.78 is 2.10. The van der Waals surface area contributed by atoms with E-state index in [1.54, 1.807) is 12.1 Å². The first kappa shape index (κ1) is 14.6. The van der Waals surface area contributed by atoms with Gasteiger partial charge >= 0.3 is 0 Å². The molecule has 2 N–H and O–H groups in total. The Morgan fingerprint density at radius 2 is 1.63 bits per heavy atom. The standard InChI is InChI=1S/C13H8Br3NO2/c14-8-5-4-7(6-11(8)18)13(19)17-12-9(15)2-1-3-10(12)16/h1-6,18H,(H,17,19). The smallest absolute Gasteiger partial charge is 0.255 e. The number of aromatic hydroxyl groups is 1. The number of benzene rings is 2. The van der Waals surface area contributed by atoms with Gasteiger partial charge in [-0.3, -0.25) is 4.79 Å². The summed E-state index contributed by atoms with van der Waals surface area (Å²) in [6.07, 6.45) is 0. The van der Waals surface area contributed by atoms with Gasteiger partial charge in [0.05, 0.1) is 10.2 Å². The molecule has 0 fully saturated rings. The summed E-state index contributed by atoms with van der Waals surface area (Å²) in [5, 5.41) is 12.4. The van der Waals surface area contributed by atoms with Gasteiger partial charge in [-0.1, -0.05) is 6.07 Å². The lowest BCUT2D eigenvalue weighted by molar-refractivity contribution is 0.102. The monoisotopic (exact) mass is 447 g/mol. The van der Waals surface area contributed by atoms with Gasteiger partial charge in [-0.15, -0.1) is 0 Å². The molecule has 0 saturated carbocycles. The van der Waals surface area contributed by atoms with Gasteiger partial charge in [0, 0.05) is 14.5 Å². The molecule has 0 aromatic heterocycles. The molecular weight excluding hydrogens is 442 g/mol. The van der Waals surface area contributed by atoms with Crippen LogP contribution in [0.2, 0.25) is 0 Å². The van der Waals surface area contributed by atoms with Crippen molar-refractivity contribution in [3.8, 4) is 5.75 Å². The number of para-hydroxylation sites is 1. The van der Waals surface area contributed by atoms with E-state index in [4.69, 9.17) is 0 Å². The topological polar surface area (TPSA) is 49.3 Å². The zero-order valence-corrected chi connectivity index (χ0v) is 14.2. The maximum absolute atomic E-state index is 12.1. The number of anilines is 1. The van der Waals surface area contributed by atoms with Crippen molar-refractivity contribution in [2.75, 3.05) is 5.32 Å². The molecule has 2 aromatic carbocycles. The second-order valence-electron chi connectivity index (χ2n) is 3.72. The van der Waals surface area contributed by atoms with Crippen LogP contribution in [0.4, 0.5) is 5.69 Å². The SMILES string of the molecule is O=C(Nc1c(Br)cccc1Br)c1ccc(Br)c(O)c1. The number of hydrogen-bond donors (Lipinski definition) is 2. The summed E-state index contributed by atoms with van der Waals surface area (Å²) in [5.41, 5.74) is 1.03. The molecule has 2 aromatic rings. The van der Waals surface area contributed by atoms with Crippen LogP contribution in [-0.2, 0) is 0 Å². The van der Waals surface area contributed by atoms with E-state index in [9.17, 15) is 9.90 Å². The Labute approximate surface area is 135 Å². The van der Waals surface area contributed by atoms with Gasteiger partial charge in [0.1, 0.15) is 5.75 Å². The quantitative estimate of drug-likeness (QED) is 0.682. The van der Waals surface area contributed by atoms with Gasteiger partial charge < -0.3 is 10.4 Å². The minimum absolute atomic E-state index is 0.0267. The number of hydrogen-bond acceptors (Lipinski definition) is 2. The Bertz CT molecular complexity index is 624. The van der Waals surface area contributed by atoms with Gasteiger partial charge in [-0.05, 0) is 78.1 Å². The number of halogens is 3. The number of phenols is 1. The van der Waals surface area contributed by atoms with Crippen molar-refractivity contribution in [1.29, 1.82) is 0 Å². The second kappa shape index (κ2) is 6.07. The van der Waals surface area contributed by atoms with Gasteiger partial charge in [-0.25, -0.2) is 0 Å². The first-order chi connectivity index (χ1) is 8.99. The molecular formula is C13H8Br3NO2. The number of phenolic OH excluding ortho intramolecular Hbond substituents is 1. The van der Waals surface area contributed by atoms with Crippen LogP contribution < -0.4 is 5.32 Å². The van der Waals surface area contributed by atoms with E-state index in [0.29, 0.717) is 15.7 Å². The Balaban J connectivity index is 2.28. The highest BCUT2D eigenvalue weighted by Crippen LogP contribution is 2.31. The predicted molar refractivity (Wildman–Crippen MR) is 85.6 cm³/mol. The molecule has 2 rings (SSSR count). The maximum Gasteiger partial charge on any atom is 0.255 e. The van der Waals surface area contributed by atoms with Crippen LogP contribution in [0.5, 0.6) is 5.75 Å². The third kappa shape index (κ3) is 3.38. The average molecular weight is 450 g/mol. The van der Waals surface area contributed by atoms with E-state index in [1.165, 1.54) is 6.07 Å². The van der Waals surface area contributed by atoms with Crippen LogP contribution in [0, 0.1) is 0 Å². The molecule has 0 bridgehead atoms. The first-order valence-corrected chi connectivity index (χ1v) is 7.61. The van der Waals surface area contributed by atoms with Crippen molar-refractivity contribution >= 4 is 59.4 Å². The predicted octanol–water partition coefficient (Wildman–Crippen LogP) is 4.93. The van der Waals surface area contributed by atoms with Crippen molar-refractivity contribution in [2.45, 2.75) is 0 Å². The molecule has 0 atom stereocenters. The van der Waals surface area contributed by atoms with Gasteiger partial charge in [0.2, 0.25) is 0 Å². The molecule has 3 nitrogen and oxygen atoms in total. The fourth-order valence-electron chi connectivity index (χ4n) is 1.46. The second-order valence-corrected chi connectivity index (χ2v) is 6.28. The van der Waals surface area contributed by atoms with Crippen molar-refractivity contribution in [3.63, 3.8) is 0 Å². The number of nitrogens with one attached hydrogen (secondary N) is 1. The van der Waals surface area contributed by atoms with E-state index in [-0.39, 0.29) is 11.7 Å². The van der Waals surface area contributed by atoms with E-state index < -0.39 is 0 Å². The molecule has 19 heavy (non-hydrogen) atoms. The molecule has 0 aliphatic carbocycles. The molecule has 0 saturated heterocycles. The summed E-state index contributed by atoms with van der Waals surface area (Å²) in [7, 11) is 0. The highest BCUT2D eigenvalue weighted by molar-refractivity contribution is 9.11. The van der Waals surface area contributed by atoms with E-state index in [2.05, 4.69) is 53.1 Å². The van der Waals surface area contributed by atoms with E-state index in [1.807, 2.05) is 18.2 Å². The molecule has 0 aliphatic heterocycles. The Hall–Kier alpha value is -0.850. The zero-order valence-electron chi connectivity index (χ0n) is 9.45. The van der Waals surface area contributed by atoms with E-state index >= 15 is 0 Å². The Morgan fingerprint density at radius 3 is 2.21 bits per heavy atom. The van der Waals surface area contributed by atoms with Crippen molar-refractivity contribution < 1.29 is 9.90 Å². The van der Waals surface area contributed by atoms with Crippen LogP contribution in [0.15, 0.2) is 49.8 Å². The molecule has 0 heterocycles. The molecule has 0 spiro atoms. The summed E-state index contributed by atoms with van der Waals surface area (Å²) in [6, 6.07) is 10.2. The molecule has 6 heteroatoms. The molecule has 1 amide bonds.